The standard InChI is InChI=1S/C19H27F3N4O2/c1-14(2)11-26(13-19(20,21)22)17(27)12-24-7-9-25(10-8-24)16-5-3-15(4-6-16)18(23)28/h3-6,14H,7-13H2,1-2H3,(H2,23,28). The van der Waals surface area contributed by atoms with Crippen LogP contribution in [0.4, 0.5) is 18.9 Å². The van der Waals surface area contributed by atoms with Gasteiger partial charge in [-0.2, -0.15) is 13.2 Å². The smallest absolute Gasteiger partial charge is 0.369 e. The Hall–Kier alpha value is -2.29. The number of alkyl halides is 3. The maximum Gasteiger partial charge on any atom is 0.406 e. The van der Waals surface area contributed by atoms with E-state index in [1.807, 2.05) is 17.0 Å². The number of rotatable bonds is 7. The predicted molar refractivity (Wildman–Crippen MR) is 101 cm³/mol. The fourth-order valence-electron chi connectivity index (χ4n) is 3.20. The molecule has 1 heterocycles. The summed E-state index contributed by atoms with van der Waals surface area (Å²) in [5.41, 5.74) is 6.61. The van der Waals surface area contributed by atoms with Gasteiger partial charge < -0.3 is 15.5 Å². The molecule has 28 heavy (non-hydrogen) atoms. The predicted octanol–water partition coefficient (Wildman–Crippen LogP) is 1.95. The van der Waals surface area contributed by atoms with Crippen molar-refractivity contribution in [2.75, 3.05) is 50.7 Å². The van der Waals surface area contributed by atoms with Crippen LogP contribution in [-0.4, -0.2) is 73.6 Å². The molecule has 0 aliphatic carbocycles. The molecule has 1 aliphatic heterocycles. The SMILES string of the molecule is CC(C)CN(CC(F)(F)F)C(=O)CN1CCN(c2ccc(C(N)=O)cc2)CC1. The van der Waals surface area contributed by atoms with E-state index in [1.165, 1.54) is 0 Å². The first-order valence-corrected chi connectivity index (χ1v) is 9.27. The lowest BCUT2D eigenvalue weighted by molar-refractivity contribution is -0.162. The molecule has 0 atom stereocenters. The Balaban J connectivity index is 1.89. The molecule has 0 unspecified atom stereocenters. The summed E-state index contributed by atoms with van der Waals surface area (Å²) < 4.78 is 38.3. The molecule has 0 saturated carbocycles. The maximum absolute atomic E-state index is 12.8. The van der Waals surface area contributed by atoms with E-state index in [0.717, 1.165) is 10.6 Å². The van der Waals surface area contributed by atoms with Crippen LogP contribution < -0.4 is 10.6 Å². The van der Waals surface area contributed by atoms with Gasteiger partial charge in [-0.1, -0.05) is 13.8 Å². The lowest BCUT2D eigenvalue weighted by Crippen LogP contribution is -2.51. The van der Waals surface area contributed by atoms with Gasteiger partial charge in [0.2, 0.25) is 11.8 Å². The molecule has 2 N–H and O–H groups in total. The molecule has 1 aromatic rings. The van der Waals surface area contributed by atoms with E-state index in [4.69, 9.17) is 5.73 Å². The molecule has 1 saturated heterocycles. The lowest BCUT2D eigenvalue weighted by atomic mass is 10.1. The molecule has 9 heteroatoms. The first-order chi connectivity index (χ1) is 13.0. The van der Waals surface area contributed by atoms with Crippen molar-refractivity contribution in [3.05, 3.63) is 29.8 Å². The van der Waals surface area contributed by atoms with Gasteiger partial charge in [-0.3, -0.25) is 14.5 Å². The Morgan fingerprint density at radius 2 is 1.68 bits per heavy atom. The van der Waals surface area contributed by atoms with Crippen LogP contribution in [0, 0.1) is 5.92 Å². The highest BCUT2D eigenvalue weighted by Gasteiger charge is 2.34. The van der Waals surface area contributed by atoms with Crippen molar-refractivity contribution in [2.45, 2.75) is 20.0 Å². The number of nitrogens with two attached hydrogens (primary N) is 1. The topological polar surface area (TPSA) is 69.9 Å². The molecule has 2 amide bonds. The summed E-state index contributed by atoms with van der Waals surface area (Å²) in [4.78, 5) is 28.4. The number of piperazine rings is 1. The number of benzene rings is 1. The third-order valence-electron chi connectivity index (χ3n) is 4.56. The van der Waals surface area contributed by atoms with E-state index in [1.54, 1.807) is 26.0 Å². The van der Waals surface area contributed by atoms with Crippen molar-refractivity contribution < 1.29 is 22.8 Å². The van der Waals surface area contributed by atoms with Gasteiger partial charge in [-0.25, -0.2) is 0 Å². The molecule has 1 aliphatic rings. The van der Waals surface area contributed by atoms with Gasteiger partial charge in [0, 0.05) is 44.0 Å². The van der Waals surface area contributed by atoms with Crippen molar-refractivity contribution in [3.63, 3.8) is 0 Å². The minimum atomic E-state index is -4.40. The van der Waals surface area contributed by atoms with Crippen molar-refractivity contribution in [3.8, 4) is 0 Å². The fraction of sp³-hybridized carbons (Fsp3) is 0.579. The molecule has 156 valence electrons. The van der Waals surface area contributed by atoms with E-state index in [-0.39, 0.29) is 19.0 Å². The van der Waals surface area contributed by atoms with Crippen LogP contribution in [0.5, 0.6) is 0 Å². The number of carbonyl (C=O) groups is 2. The van der Waals surface area contributed by atoms with Crippen LogP contribution in [0.15, 0.2) is 24.3 Å². The second kappa shape index (κ2) is 9.27. The second-order valence-electron chi connectivity index (χ2n) is 7.46. The van der Waals surface area contributed by atoms with E-state index in [9.17, 15) is 22.8 Å². The zero-order chi connectivity index (χ0) is 20.9. The van der Waals surface area contributed by atoms with Crippen LogP contribution in [0.3, 0.4) is 0 Å². The number of nitrogens with zero attached hydrogens (tertiary/aromatic N) is 3. The molecule has 0 radical (unpaired) electrons. The average molecular weight is 400 g/mol. The van der Waals surface area contributed by atoms with Gasteiger partial charge in [0.15, 0.2) is 0 Å². The van der Waals surface area contributed by atoms with Gasteiger partial charge in [0.1, 0.15) is 6.54 Å². The van der Waals surface area contributed by atoms with Crippen LogP contribution >= 0.6 is 0 Å². The third kappa shape index (κ3) is 6.70. The first kappa shape index (κ1) is 22.0. The highest BCUT2D eigenvalue weighted by Crippen LogP contribution is 2.19. The zero-order valence-corrected chi connectivity index (χ0v) is 16.2. The molecule has 1 fully saturated rings. The maximum atomic E-state index is 12.8. The van der Waals surface area contributed by atoms with E-state index in [0.29, 0.717) is 31.7 Å². The fourth-order valence-corrected chi connectivity index (χ4v) is 3.20. The molecule has 2 rings (SSSR count). The number of amides is 2. The zero-order valence-electron chi connectivity index (χ0n) is 16.2. The average Bonchev–Trinajstić information content (AvgIpc) is 2.60. The van der Waals surface area contributed by atoms with Crippen LogP contribution in [0.2, 0.25) is 0 Å². The van der Waals surface area contributed by atoms with Crippen molar-refractivity contribution in [1.82, 2.24) is 9.80 Å². The summed E-state index contributed by atoms with van der Waals surface area (Å²) in [6.45, 7) is 4.88. The summed E-state index contributed by atoms with van der Waals surface area (Å²) in [7, 11) is 0. The molecular weight excluding hydrogens is 373 g/mol. The summed E-state index contributed by atoms with van der Waals surface area (Å²) >= 11 is 0. The number of hydrogen-bond donors (Lipinski definition) is 1. The highest BCUT2D eigenvalue weighted by molar-refractivity contribution is 5.93. The monoisotopic (exact) mass is 400 g/mol. The summed E-state index contributed by atoms with van der Waals surface area (Å²) in [6.07, 6.45) is -4.40. The number of anilines is 1. The summed E-state index contributed by atoms with van der Waals surface area (Å²) in [5, 5.41) is 0. The number of carbonyl (C=O) groups excluding carboxylic acids is 2. The van der Waals surface area contributed by atoms with Gasteiger partial charge in [-0.05, 0) is 30.2 Å². The number of hydrogen-bond acceptors (Lipinski definition) is 4. The largest absolute Gasteiger partial charge is 0.406 e. The Bertz CT molecular complexity index is 669. The van der Waals surface area contributed by atoms with Gasteiger partial charge in [0.05, 0.1) is 6.54 Å². The summed E-state index contributed by atoms with van der Waals surface area (Å²) in [5.74, 6) is -1.02. The second-order valence-corrected chi connectivity index (χ2v) is 7.46. The molecule has 0 aromatic heterocycles. The van der Waals surface area contributed by atoms with Crippen molar-refractivity contribution in [2.24, 2.45) is 11.7 Å². The first-order valence-electron chi connectivity index (χ1n) is 9.27. The molecule has 6 nitrogen and oxygen atoms in total. The van der Waals surface area contributed by atoms with Gasteiger partial charge in [0.25, 0.3) is 0 Å². The Kier molecular flexibility index (Phi) is 7.29. The van der Waals surface area contributed by atoms with Crippen LogP contribution in [0.25, 0.3) is 0 Å². The lowest BCUT2D eigenvalue weighted by Gasteiger charge is -2.37. The molecular formula is C19H27F3N4O2. The molecule has 0 bridgehead atoms. The number of halogens is 3. The third-order valence-corrected chi connectivity index (χ3v) is 4.56. The van der Waals surface area contributed by atoms with E-state index >= 15 is 0 Å². The normalized spacial score (nSPS) is 15.7. The summed E-state index contributed by atoms with van der Waals surface area (Å²) in [6, 6.07) is 6.95. The minimum Gasteiger partial charge on any atom is -0.369 e. The Morgan fingerprint density at radius 1 is 1.11 bits per heavy atom. The Morgan fingerprint density at radius 3 is 2.14 bits per heavy atom. The molecule has 1 aromatic carbocycles. The van der Waals surface area contributed by atoms with E-state index < -0.39 is 24.5 Å². The Labute approximate surface area is 163 Å². The highest BCUT2D eigenvalue weighted by atomic mass is 19.4. The van der Waals surface area contributed by atoms with Crippen molar-refractivity contribution >= 4 is 17.5 Å². The van der Waals surface area contributed by atoms with Crippen LogP contribution in [0.1, 0.15) is 24.2 Å². The van der Waals surface area contributed by atoms with Crippen molar-refractivity contribution in [1.29, 1.82) is 0 Å². The number of primary amides is 1. The quantitative estimate of drug-likeness (QED) is 0.760. The van der Waals surface area contributed by atoms with Gasteiger partial charge >= 0.3 is 6.18 Å². The minimum absolute atomic E-state index is 0.0166. The molecule has 0 spiro atoms. The van der Waals surface area contributed by atoms with E-state index in [2.05, 4.69) is 4.90 Å². The van der Waals surface area contributed by atoms with Gasteiger partial charge in [-0.15, -0.1) is 0 Å². The van der Waals surface area contributed by atoms with Crippen LogP contribution in [-0.2, 0) is 4.79 Å².